The molecule has 1 rings (SSSR count). The van der Waals surface area contributed by atoms with Gasteiger partial charge in [-0.25, -0.2) is 0 Å². The maximum Gasteiger partial charge on any atom is 0.418 e. The lowest BCUT2D eigenvalue weighted by Gasteiger charge is -2.19. The molecule has 0 aromatic heterocycles. The Kier molecular flexibility index (Phi) is 3.48. The van der Waals surface area contributed by atoms with Gasteiger partial charge in [-0.2, -0.15) is 13.2 Å². The summed E-state index contributed by atoms with van der Waals surface area (Å²) in [5.74, 6) is 0.0791. The first-order valence-corrected chi connectivity index (χ1v) is 4.67. The molecule has 1 atom stereocenters. The van der Waals surface area contributed by atoms with Crippen molar-refractivity contribution in [2.45, 2.75) is 26.1 Å². The quantitative estimate of drug-likeness (QED) is 0.852. The largest absolute Gasteiger partial charge is 0.496 e. The summed E-state index contributed by atoms with van der Waals surface area (Å²) in [4.78, 5) is 0. The number of hydrogen-bond acceptors (Lipinski definition) is 2. The van der Waals surface area contributed by atoms with E-state index >= 15 is 0 Å². The van der Waals surface area contributed by atoms with Crippen molar-refractivity contribution in [2.24, 2.45) is 0 Å². The molecule has 1 aromatic rings. The van der Waals surface area contributed by atoms with E-state index in [0.717, 1.165) is 0 Å². The van der Waals surface area contributed by atoms with E-state index in [4.69, 9.17) is 4.74 Å². The summed E-state index contributed by atoms with van der Waals surface area (Å²) < 4.78 is 42.1. The third-order valence-corrected chi connectivity index (χ3v) is 2.26. The molecule has 0 aliphatic carbocycles. The molecule has 0 aliphatic heterocycles. The van der Waals surface area contributed by atoms with Gasteiger partial charge in [0.05, 0.1) is 7.11 Å². The lowest BCUT2D eigenvalue weighted by atomic mass is 10.0. The van der Waals surface area contributed by atoms with Crippen molar-refractivity contribution >= 4 is 0 Å². The van der Waals surface area contributed by atoms with E-state index in [-0.39, 0.29) is 11.3 Å². The summed E-state index contributed by atoms with van der Waals surface area (Å²) in [6, 6.07) is 2.98. The minimum atomic E-state index is -4.69. The maximum atomic E-state index is 12.4. The summed E-state index contributed by atoms with van der Waals surface area (Å²) in [6.07, 6.45) is -7.20. The van der Waals surface area contributed by atoms with Crippen LogP contribution in [0.3, 0.4) is 0 Å². The predicted octanol–water partition coefficient (Wildman–Crippen LogP) is 2.91. The first-order valence-electron chi connectivity index (χ1n) is 4.67. The minimum absolute atomic E-state index is 0.0791. The van der Waals surface area contributed by atoms with Crippen molar-refractivity contribution in [2.75, 3.05) is 7.11 Å². The van der Waals surface area contributed by atoms with Gasteiger partial charge < -0.3 is 9.84 Å². The fourth-order valence-electron chi connectivity index (χ4n) is 1.65. The SMILES string of the molecule is COc1c(C)cc(C)cc1C(O)C(F)(F)F. The summed E-state index contributed by atoms with van der Waals surface area (Å²) in [6.45, 7) is 3.30. The maximum absolute atomic E-state index is 12.4. The molecular weight excluding hydrogens is 221 g/mol. The van der Waals surface area contributed by atoms with E-state index in [2.05, 4.69) is 0 Å². The van der Waals surface area contributed by atoms with Crippen LogP contribution in [-0.4, -0.2) is 18.4 Å². The number of ether oxygens (including phenoxy) is 1. The van der Waals surface area contributed by atoms with Gasteiger partial charge in [-0.1, -0.05) is 11.6 Å². The Hall–Kier alpha value is -1.23. The molecule has 2 nitrogen and oxygen atoms in total. The predicted molar refractivity (Wildman–Crippen MR) is 53.5 cm³/mol. The lowest BCUT2D eigenvalue weighted by Crippen LogP contribution is -2.21. The van der Waals surface area contributed by atoms with E-state index in [1.807, 2.05) is 0 Å². The van der Waals surface area contributed by atoms with Crippen LogP contribution in [0.2, 0.25) is 0 Å². The van der Waals surface area contributed by atoms with Crippen LogP contribution in [0.1, 0.15) is 22.8 Å². The Bertz CT molecular complexity index is 386. The first-order chi connectivity index (χ1) is 7.27. The van der Waals surface area contributed by atoms with E-state index < -0.39 is 12.3 Å². The first kappa shape index (κ1) is 12.8. The third-order valence-electron chi connectivity index (χ3n) is 2.26. The Morgan fingerprint density at radius 2 is 1.81 bits per heavy atom. The van der Waals surface area contributed by atoms with Crippen LogP contribution in [0.25, 0.3) is 0 Å². The summed E-state index contributed by atoms with van der Waals surface area (Å²) in [5.41, 5.74) is 0.977. The zero-order valence-electron chi connectivity index (χ0n) is 9.22. The van der Waals surface area contributed by atoms with Gasteiger partial charge in [0.25, 0.3) is 0 Å². The highest BCUT2D eigenvalue weighted by atomic mass is 19.4. The number of rotatable bonds is 2. The van der Waals surface area contributed by atoms with Gasteiger partial charge in [0.15, 0.2) is 6.10 Å². The number of halogens is 3. The Labute approximate surface area is 91.7 Å². The Morgan fingerprint density at radius 1 is 1.25 bits per heavy atom. The number of methoxy groups -OCH3 is 1. The molecule has 16 heavy (non-hydrogen) atoms. The number of aryl methyl sites for hydroxylation is 2. The highest BCUT2D eigenvalue weighted by Crippen LogP contribution is 2.38. The number of hydrogen-bond donors (Lipinski definition) is 1. The fraction of sp³-hybridized carbons (Fsp3) is 0.455. The number of alkyl halides is 3. The van der Waals surface area contributed by atoms with Gasteiger partial charge in [0, 0.05) is 5.56 Å². The molecule has 0 spiro atoms. The van der Waals surface area contributed by atoms with Crippen LogP contribution in [0.15, 0.2) is 12.1 Å². The van der Waals surface area contributed by atoms with Crippen molar-refractivity contribution in [1.82, 2.24) is 0 Å². The number of aliphatic hydroxyl groups is 1. The van der Waals surface area contributed by atoms with E-state index in [9.17, 15) is 18.3 Å². The average molecular weight is 234 g/mol. The number of benzene rings is 1. The second-order valence-corrected chi connectivity index (χ2v) is 3.65. The summed E-state index contributed by atoms with van der Waals surface area (Å²) >= 11 is 0. The standard InChI is InChI=1S/C11H13F3O2/c1-6-4-7(2)9(16-3)8(5-6)10(15)11(12,13)14/h4-5,10,15H,1-3H3. The number of aliphatic hydroxyl groups excluding tert-OH is 1. The Balaban J connectivity index is 3.31. The smallest absolute Gasteiger partial charge is 0.418 e. The van der Waals surface area contributed by atoms with Crippen LogP contribution in [0, 0.1) is 13.8 Å². The molecule has 0 amide bonds. The van der Waals surface area contributed by atoms with Crippen LogP contribution in [0.5, 0.6) is 5.75 Å². The molecule has 0 saturated heterocycles. The lowest BCUT2D eigenvalue weighted by molar-refractivity contribution is -0.207. The molecule has 1 aromatic carbocycles. The molecule has 0 radical (unpaired) electrons. The summed E-state index contributed by atoms with van der Waals surface area (Å²) in [5, 5.41) is 9.21. The molecule has 1 N–H and O–H groups in total. The van der Waals surface area contributed by atoms with E-state index in [1.165, 1.54) is 13.2 Å². The van der Waals surface area contributed by atoms with Crippen LogP contribution in [-0.2, 0) is 0 Å². The Morgan fingerprint density at radius 3 is 2.25 bits per heavy atom. The van der Waals surface area contributed by atoms with Gasteiger partial charge in [0.2, 0.25) is 0 Å². The van der Waals surface area contributed by atoms with E-state index in [0.29, 0.717) is 11.1 Å². The third kappa shape index (κ3) is 2.47. The molecule has 0 aliphatic rings. The highest BCUT2D eigenvalue weighted by molar-refractivity contribution is 5.45. The minimum Gasteiger partial charge on any atom is -0.496 e. The van der Waals surface area contributed by atoms with Crippen molar-refractivity contribution in [3.63, 3.8) is 0 Å². The normalized spacial score (nSPS) is 13.7. The molecule has 0 bridgehead atoms. The molecule has 90 valence electrons. The van der Waals surface area contributed by atoms with Crippen LogP contribution in [0.4, 0.5) is 13.2 Å². The van der Waals surface area contributed by atoms with E-state index in [1.54, 1.807) is 19.9 Å². The zero-order valence-corrected chi connectivity index (χ0v) is 9.22. The zero-order chi connectivity index (χ0) is 12.5. The molecule has 1 unspecified atom stereocenters. The van der Waals surface area contributed by atoms with Crippen molar-refractivity contribution in [3.8, 4) is 5.75 Å². The highest BCUT2D eigenvalue weighted by Gasteiger charge is 2.41. The van der Waals surface area contributed by atoms with Gasteiger partial charge in [-0.05, 0) is 25.5 Å². The van der Waals surface area contributed by atoms with Gasteiger partial charge in [-0.3, -0.25) is 0 Å². The van der Waals surface area contributed by atoms with Crippen LogP contribution < -0.4 is 4.74 Å². The summed E-state index contributed by atoms with van der Waals surface area (Å²) in [7, 11) is 1.28. The molecular formula is C11H13F3O2. The van der Waals surface area contributed by atoms with Crippen molar-refractivity contribution < 1.29 is 23.0 Å². The van der Waals surface area contributed by atoms with Gasteiger partial charge in [0.1, 0.15) is 5.75 Å². The fourth-order valence-corrected chi connectivity index (χ4v) is 1.65. The molecule has 5 heteroatoms. The monoisotopic (exact) mass is 234 g/mol. The molecule has 0 heterocycles. The topological polar surface area (TPSA) is 29.5 Å². The average Bonchev–Trinajstić information content (AvgIpc) is 2.14. The van der Waals surface area contributed by atoms with Crippen LogP contribution >= 0.6 is 0 Å². The van der Waals surface area contributed by atoms with Crippen molar-refractivity contribution in [3.05, 3.63) is 28.8 Å². The second kappa shape index (κ2) is 4.33. The van der Waals surface area contributed by atoms with Gasteiger partial charge in [-0.15, -0.1) is 0 Å². The van der Waals surface area contributed by atoms with Gasteiger partial charge >= 0.3 is 6.18 Å². The second-order valence-electron chi connectivity index (χ2n) is 3.65. The molecule has 0 saturated carbocycles. The van der Waals surface area contributed by atoms with Crippen molar-refractivity contribution in [1.29, 1.82) is 0 Å². The molecule has 0 fully saturated rings.